The van der Waals surface area contributed by atoms with E-state index in [0.29, 0.717) is 0 Å². The average molecular weight is 227 g/mol. The van der Waals surface area contributed by atoms with Gasteiger partial charge in [-0.15, -0.1) is 0 Å². The molecule has 1 unspecified atom stereocenters. The normalized spacial score (nSPS) is 13.7. The van der Waals surface area contributed by atoms with Crippen LogP contribution in [-0.2, 0) is 0 Å². The second kappa shape index (κ2) is 10.1. The van der Waals surface area contributed by atoms with E-state index < -0.39 is 0 Å². The molecule has 1 heteroatoms. The van der Waals surface area contributed by atoms with Gasteiger partial charge in [0.15, 0.2) is 0 Å². The molecule has 0 bridgehead atoms. The van der Waals surface area contributed by atoms with Gasteiger partial charge in [0, 0.05) is 6.04 Å². The molecule has 0 amide bonds. The van der Waals surface area contributed by atoms with Crippen LogP contribution in [0.2, 0.25) is 0 Å². The minimum atomic E-state index is 0.757. The number of nitrogens with one attached hydrogen (secondary N) is 1. The lowest BCUT2D eigenvalue weighted by atomic mass is 9.97. The molecule has 0 rings (SSSR count). The molecule has 0 aliphatic carbocycles. The van der Waals surface area contributed by atoms with Crippen LogP contribution in [0.25, 0.3) is 0 Å². The highest BCUT2D eigenvalue weighted by atomic mass is 14.9. The Bertz CT molecular complexity index is 140. The van der Waals surface area contributed by atoms with Gasteiger partial charge in [0.25, 0.3) is 0 Å². The minimum absolute atomic E-state index is 0.757. The van der Waals surface area contributed by atoms with Crippen molar-refractivity contribution in [2.75, 3.05) is 6.54 Å². The molecular formula is C15H33N. The highest BCUT2D eigenvalue weighted by Gasteiger charge is 2.09. The van der Waals surface area contributed by atoms with E-state index in [1.807, 2.05) is 0 Å². The summed E-state index contributed by atoms with van der Waals surface area (Å²) in [6, 6.07) is 0.757. The number of unbranched alkanes of at least 4 members (excludes halogenated alkanes) is 1. The van der Waals surface area contributed by atoms with E-state index >= 15 is 0 Å². The van der Waals surface area contributed by atoms with Gasteiger partial charge in [-0.2, -0.15) is 0 Å². The lowest BCUT2D eigenvalue weighted by Crippen LogP contribution is -2.31. The smallest absolute Gasteiger partial charge is 0.00694 e. The van der Waals surface area contributed by atoms with Gasteiger partial charge in [-0.25, -0.2) is 0 Å². The molecule has 0 aromatic carbocycles. The van der Waals surface area contributed by atoms with Crippen molar-refractivity contribution < 1.29 is 0 Å². The largest absolute Gasteiger partial charge is 0.314 e. The SMILES string of the molecule is CCCNC(CCCCC(C)C)CC(C)C. The molecule has 0 aromatic rings. The summed E-state index contributed by atoms with van der Waals surface area (Å²) in [5, 5.41) is 3.69. The quantitative estimate of drug-likeness (QED) is 0.537. The van der Waals surface area contributed by atoms with E-state index in [0.717, 1.165) is 17.9 Å². The Kier molecular flexibility index (Phi) is 10.1. The van der Waals surface area contributed by atoms with Crippen molar-refractivity contribution in [2.24, 2.45) is 11.8 Å². The standard InChI is InChI=1S/C15H33N/c1-6-11-16-15(12-14(4)5)10-8-7-9-13(2)3/h13-16H,6-12H2,1-5H3. The Labute approximate surface area is 103 Å². The molecule has 1 N–H and O–H groups in total. The molecule has 0 aliphatic rings. The zero-order chi connectivity index (χ0) is 12.4. The number of hydrogen-bond acceptors (Lipinski definition) is 1. The molecule has 16 heavy (non-hydrogen) atoms. The van der Waals surface area contributed by atoms with Gasteiger partial charge < -0.3 is 5.32 Å². The van der Waals surface area contributed by atoms with Gasteiger partial charge in [0.05, 0.1) is 0 Å². The Morgan fingerprint density at radius 2 is 1.50 bits per heavy atom. The highest BCUT2D eigenvalue weighted by molar-refractivity contribution is 4.68. The maximum absolute atomic E-state index is 3.69. The van der Waals surface area contributed by atoms with Crippen molar-refractivity contribution in [2.45, 2.75) is 79.2 Å². The molecule has 1 nitrogen and oxygen atoms in total. The minimum Gasteiger partial charge on any atom is -0.314 e. The lowest BCUT2D eigenvalue weighted by Gasteiger charge is -2.20. The monoisotopic (exact) mass is 227 g/mol. The van der Waals surface area contributed by atoms with E-state index in [4.69, 9.17) is 0 Å². The zero-order valence-corrected chi connectivity index (χ0v) is 12.2. The highest BCUT2D eigenvalue weighted by Crippen LogP contribution is 2.14. The molecule has 0 saturated heterocycles. The van der Waals surface area contributed by atoms with Crippen LogP contribution in [0.5, 0.6) is 0 Å². The Morgan fingerprint density at radius 1 is 0.875 bits per heavy atom. The zero-order valence-electron chi connectivity index (χ0n) is 12.2. The van der Waals surface area contributed by atoms with Gasteiger partial charge in [-0.3, -0.25) is 0 Å². The summed E-state index contributed by atoms with van der Waals surface area (Å²) in [4.78, 5) is 0. The van der Waals surface area contributed by atoms with E-state index in [-0.39, 0.29) is 0 Å². The first kappa shape index (κ1) is 16.0. The lowest BCUT2D eigenvalue weighted by molar-refractivity contribution is 0.381. The van der Waals surface area contributed by atoms with Crippen LogP contribution in [-0.4, -0.2) is 12.6 Å². The van der Waals surface area contributed by atoms with E-state index in [1.165, 1.54) is 45.1 Å². The summed E-state index contributed by atoms with van der Waals surface area (Å²) in [5.41, 5.74) is 0. The maximum atomic E-state index is 3.69. The van der Waals surface area contributed by atoms with Crippen molar-refractivity contribution in [3.8, 4) is 0 Å². The van der Waals surface area contributed by atoms with Crippen LogP contribution in [0.15, 0.2) is 0 Å². The first-order valence-corrected chi connectivity index (χ1v) is 7.29. The van der Waals surface area contributed by atoms with Gasteiger partial charge >= 0.3 is 0 Å². The Balaban J connectivity index is 3.64. The molecule has 0 fully saturated rings. The van der Waals surface area contributed by atoms with E-state index in [1.54, 1.807) is 0 Å². The molecule has 0 aromatic heterocycles. The van der Waals surface area contributed by atoms with Crippen LogP contribution in [0.1, 0.15) is 73.1 Å². The second-order valence-corrected chi connectivity index (χ2v) is 5.96. The van der Waals surface area contributed by atoms with Gasteiger partial charge in [-0.1, -0.05) is 53.9 Å². The molecule has 0 spiro atoms. The van der Waals surface area contributed by atoms with Crippen molar-refractivity contribution >= 4 is 0 Å². The number of hydrogen-bond donors (Lipinski definition) is 1. The fraction of sp³-hybridized carbons (Fsp3) is 1.00. The van der Waals surface area contributed by atoms with E-state index in [9.17, 15) is 0 Å². The van der Waals surface area contributed by atoms with Crippen LogP contribution < -0.4 is 5.32 Å². The van der Waals surface area contributed by atoms with Crippen LogP contribution in [0.4, 0.5) is 0 Å². The third-order valence-electron chi connectivity index (χ3n) is 3.02. The first-order chi connectivity index (χ1) is 7.56. The fourth-order valence-electron chi connectivity index (χ4n) is 2.16. The van der Waals surface area contributed by atoms with Crippen molar-refractivity contribution in [3.05, 3.63) is 0 Å². The summed E-state index contributed by atoms with van der Waals surface area (Å²) >= 11 is 0. The predicted molar refractivity (Wildman–Crippen MR) is 74.8 cm³/mol. The van der Waals surface area contributed by atoms with Crippen molar-refractivity contribution in [1.29, 1.82) is 0 Å². The summed E-state index contributed by atoms with van der Waals surface area (Å²) in [6.45, 7) is 12.7. The van der Waals surface area contributed by atoms with Crippen LogP contribution >= 0.6 is 0 Å². The third-order valence-corrected chi connectivity index (χ3v) is 3.02. The topological polar surface area (TPSA) is 12.0 Å². The fourth-order valence-corrected chi connectivity index (χ4v) is 2.16. The van der Waals surface area contributed by atoms with E-state index in [2.05, 4.69) is 39.9 Å². The molecule has 1 atom stereocenters. The van der Waals surface area contributed by atoms with Gasteiger partial charge in [-0.05, 0) is 37.6 Å². The van der Waals surface area contributed by atoms with Gasteiger partial charge in [0.2, 0.25) is 0 Å². The molecule has 98 valence electrons. The van der Waals surface area contributed by atoms with Gasteiger partial charge in [0.1, 0.15) is 0 Å². The molecule has 0 heterocycles. The van der Waals surface area contributed by atoms with Crippen LogP contribution in [0, 0.1) is 11.8 Å². The summed E-state index contributed by atoms with van der Waals surface area (Å²) in [6.07, 6.45) is 8.14. The molecule has 0 aliphatic heterocycles. The summed E-state index contributed by atoms with van der Waals surface area (Å²) in [7, 11) is 0. The predicted octanol–water partition coefficient (Wildman–Crippen LogP) is 4.62. The number of rotatable bonds is 10. The average Bonchev–Trinajstić information content (AvgIpc) is 2.19. The Hall–Kier alpha value is -0.0400. The van der Waals surface area contributed by atoms with Crippen molar-refractivity contribution in [3.63, 3.8) is 0 Å². The third kappa shape index (κ3) is 10.5. The van der Waals surface area contributed by atoms with Crippen molar-refractivity contribution in [1.82, 2.24) is 5.32 Å². The molecular weight excluding hydrogens is 194 g/mol. The van der Waals surface area contributed by atoms with Crippen LogP contribution in [0.3, 0.4) is 0 Å². The molecule has 0 radical (unpaired) electrons. The summed E-state index contributed by atoms with van der Waals surface area (Å²) < 4.78 is 0. The summed E-state index contributed by atoms with van der Waals surface area (Å²) in [5.74, 6) is 1.69. The maximum Gasteiger partial charge on any atom is 0.00694 e. The molecule has 0 saturated carbocycles. The second-order valence-electron chi connectivity index (χ2n) is 5.96. The Morgan fingerprint density at radius 3 is 2.00 bits per heavy atom. The first-order valence-electron chi connectivity index (χ1n) is 7.29.